The molecule has 0 aromatic heterocycles. The van der Waals surface area contributed by atoms with Crippen LogP contribution in [-0.2, 0) is 19.4 Å². The summed E-state index contributed by atoms with van der Waals surface area (Å²) in [6, 6.07) is 53.7. The molecule has 0 radical (unpaired) electrons. The molecule has 6 aromatic carbocycles. The number of amides is 2. The Kier molecular flexibility index (Phi) is 11.7. The molecule has 13 heteroatoms. The first-order chi connectivity index (χ1) is 29.8. The van der Waals surface area contributed by atoms with Gasteiger partial charge in [-0.25, -0.2) is 8.42 Å². The predicted octanol–water partition coefficient (Wildman–Crippen LogP) is 10.4. The van der Waals surface area contributed by atoms with Gasteiger partial charge in [-0.3, -0.25) is 9.59 Å². The van der Waals surface area contributed by atoms with Crippen LogP contribution >= 0.6 is 23.5 Å². The summed E-state index contributed by atoms with van der Waals surface area (Å²) in [5.41, 5.74) is 5.38. The van der Waals surface area contributed by atoms with Crippen molar-refractivity contribution in [3.05, 3.63) is 213 Å². The van der Waals surface area contributed by atoms with Crippen LogP contribution in [0.2, 0.25) is 0 Å². The standard InChI is InChI=1S/C48H32N6O4S3/c49-29-41(47-53(37-17-9-3-10-18-37)43(31-59-47)33-13-5-1-6-14-33)45(55)51-35-21-25-39(26-22-35)61(57,58)40-27-23-36(24-28-40)52-46(56)42(30-50)48-54(38-19-11-4-12-20-38)44(32-60-48)34-15-7-2-8-16-34/h1-28,31-32H,(H,51,55)(H,52,56)/b47-41+,48-42+. The second kappa shape index (κ2) is 17.7. The quantitative estimate of drug-likeness (QED) is 0.101. The lowest BCUT2D eigenvalue weighted by molar-refractivity contribution is -0.113. The molecule has 2 aliphatic heterocycles. The zero-order chi connectivity index (χ0) is 42.3. The minimum absolute atomic E-state index is 0.0306. The van der Waals surface area contributed by atoms with Crippen molar-refractivity contribution in [2.45, 2.75) is 9.79 Å². The van der Waals surface area contributed by atoms with Gasteiger partial charge in [-0.1, -0.05) is 121 Å². The number of anilines is 4. The predicted molar refractivity (Wildman–Crippen MR) is 243 cm³/mol. The van der Waals surface area contributed by atoms with Crippen LogP contribution in [0.25, 0.3) is 11.4 Å². The second-order valence-corrected chi connectivity index (χ2v) is 17.0. The lowest BCUT2D eigenvalue weighted by Gasteiger charge is -2.24. The molecule has 0 fully saturated rings. The first kappa shape index (κ1) is 40.2. The van der Waals surface area contributed by atoms with Gasteiger partial charge in [0.1, 0.15) is 33.3 Å². The number of benzene rings is 6. The number of carbonyl (C=O) groups excluding carboxylic acids is 2. The first-order valence-electron chi connectivity index (χ1n) is 18.7. The average molecular weight is 853 g/mol. The highest BCUT2D eigenvalue weighted by Crippen LogP contribution is 2.46. The third-order valence-electron chi connectivity index (χ3n) is 9.57. The molecule has 2 heterocycles. The SMILES string of the molecule is N#C/C(C(=O)Nc1ccc(S(=O)(=O)c2ccc(NC(=O)/C(C#N)=C3/SC=C(c4ccccc4)N3c3ccccc3)cc2)cc1)=C1\SC=C(c2ccccc2)N1c1ccccc1. The minimum atomic E-state index is -4.02. The van der Waals surface area contributed by atoms with Gasteiger partial charge in [-0.15, -0.1) is 0 Å². The van der Waals surface area contributed by atoms with Crippen LogP contribution in [0.1, 0.15) is 11.1 Å². The summed E-state index contributed by atoms with van der Waals surface area (Å²) in [7, 11) is -4.02. The largest absolute Gasteiger partial charge is 0.321 e. The summed E-state index contributed by atoms with van der Waals surface area (Å²) in [5, 5.41) is 30.6. The van der Waals surface area contributed by atoms with Crippen LogP contribution < -0.4 is 20.4 Å². The zero-order valence-corrected chi connectivity index (χ0v) is 34.4. The van der Waals surface area contributed by atoms with Gasteiger partial charge >= 0.3 is 0 Å². The number of hydrogen-bond donors (Lipinski definition) is 2. The third-order valence-corrected chi connectivity index (χ3v) is 13.3. The monoisotopic (exact) mass is 852 g/mol. The van der Waals surface area contributed by atoms with Crippen molar-refractivity contribution < 1.29 is 18.0 Å². The Morgan fingerprint density at radius 1 is 0.475 bits per heavy atom. The highest BCUT2D eigenvalue weighted by molar-refractivity contribution is 8.06. The minimum Gasteiger partial charge on any atom is -0.321 e. The molecule has 2 aliphatic rings. The number of nitriles is 2. The molecule has 0 unspecified atom stereocenters. The Labute approximate surface area is 361 Å². The fourth-order valence-corrected chi connectivity index (χ4v) is 9.94. The molecule has 10 nitrogen and oxygen atoms in total. The molecule has 2 N–H and O–H groups in total. The van der Waals surface area contributed by atoms with Crippen molar-refractivity contribution in [3.8, 4) is 12.1 Å². The van der Waals surface area contributed by atoms with Gasteiger partial charge in [0.05, 0.1) is 21.2 Å². The summed E-state index contributed by atoms with van der Waals surface area (Å²) in [5.74, 6) is -1.30. The van der Waals surface area contributed by atoms with E-state index in [0.717, 1.165) is 33.9 Å². The second-order valence-electron chi connectivity index (χ2n) is 13.4. The summed E-state index contributed by atoms with van der Waals surface area (Å²) in [6.45, 7) is 0. The molecule has 296 valence electrons. The van der Waals surface area contributed by atoms with Crippen LogP contribution in [0.5, 0.6) is 0 Å². The lowest BCUT2D eigenvalue weighted by Crippen LogP contribution is -2.22. The molecule has 0 spiro atoms. The summed E-state index contributed by atoms with van der Waals surface area (Å²) in [6.07, 6.45) is 0. The maximum absolute atomic E-state index is 13.7. The Morgan fingerprint density at radius 3 is 1.13 bits per heavy atom. The van der Waals surface area contributed by atoms with E-state index in [9.17, 15) is 28.5 Å². The fourth-order valence-electron chi connectivity index (χ4n) is 6.62. The number of thioether (sulfide) groups is 2. The summed E-state index contributed by atoms with van der Waals surface area (Å²) in [4.78, 5) is 30.9. The Bertz CT molecular complexity index is 2760. The van der Waals surface area contributed by atoms with E-state index in [0.29, 0.717) is 21.4 Å². The smallest absolute Gasteiger partial charge is 0.269 e. The molecule has 61 heavy (non-hydrogen) atoms. The Balaban J connectivity index is 0.973. The van der Waals surface area contributed by atoms with Crippen LogP contribution in [0.3, 0.4) is 0 Å². The average Bonchev–Trinajstić information content (AvgIpc) is 3.94. The maximum Gasteiger partial charge on any atom is 0.269 e. The molecule has 0 saturated carbocycles. The topological polar surface area (TPSA) is 146 Å². The number of nitrogens with zero attached hydrogens (tertiary/aromatic N) is 4. The molecule has 6 aromatic rings. The molecule has 8 rings (SSSR count). The van der Waals surface area contributed by atoms with E-state index >= 15 is 0 Å². The van der Waals surface area contributed by atoms with Gasteiger partial charge in [-0.05, 0) is 83.9 Å². The number of sulfone groups is 1. The van der Waals surface area contributed by atoms with Crippen LogP contribution in [0.15, 0.2) is 212 Å². The third kappa shape index (κ3) is 8.35. The van der Waals surface area contributed by atoms with Crippen LogP contribution in [0, 0.1) is 22.7 Å². The summed E-state index contributed by atoms with van der Waals surface area (Å²) >= 11 is 2.54. The number of para-hydroxylation sites is 2. The van der Waals surface area contributed by atoms with Crippen LogP contribution in [-0.4, -0.2) is 20.2 Å². The molecular formula is C48H32N6O4S3. The summed E-state index contributed by atoms with van der Waals surface area (Å²) < 4.78 is 27.4. The maximum atomic E-state index is 13.7. The van der Waals surface area contributed by atoms with Gasteiger partial charge in [0, 0.05) is 33.6 Å². The molecule has 2 amide bonds. The normalized spacial score (nSPS) is 15.2. The van der Waals surface area contributed by atoms with Gasteiger partial charge < -0.3 is 20.4 Å². The van der Waals surface area contributed by atoms with Gasteiger partial charge in [0.15, 0.2) is 0 Å². The van der Waals surface area contributed by atoms with E-state index < -0.39 is 21.7 Å². The van der Waals surface area contributed by atoms with Gasteiger partial charge in [0.25, 0.3) is 11.8 Å². The first-order valence-corrected chi connectivity index (χ1v) is 21.9. The fraction of sp³-hybridized carbons (Fsp3) is 0. The van der Waals surface area contributed by atoms with E-state index in [1.165, 1.54) is 72.1 Å². The highest BCUT2D eigenvalue weighted by Gasteiger charge is 2.32. The molecule has 0 aliphatic carbocycles. The van der Waals surface area contributed by atoms with Crippen molar-refractivity contribution >= 4 is 79.3 Å². The van der Waals surface area contributed by atoms with Crippen LogP contribution in [0.4, 0.5) is 22.7 Å². The number of hydrogen-bond acceptors (Lipinski definition) is 10. The van der Waals surface area contributed by atoms with E-state index in [4.69, 9.17) is 0 Å². The lowest BCUT2D eigenvalue weighted by atomic mass is 10.1. The molecular weight excluding hydrogens is 821 g/mol. The zero-order valence-electron chi connectivity index (χ0n) is 32.0. The van der Waals surface area contributed by atoms with E-state index in [1.807, 2.05) is 142 Å². The molecule has 0 saturated heterocycles. The van der Waals surface area contributed by atoms with E-state index in [1.54, 1.807) is 0 Å². The number of rotatable bonds is 10. The number of nitrogens with one attached hydrogen (secondary N) is 2. The molecule has 0 atom stereocenters. The van der Waals surface area contributed by atoms with Gasteiger partial charge in [0.2, 0.25) is 9.84 Å². The van der Waals surface area contributed by atoms with Crippen molar-refractivity contribution in [3.63, 3.8) is 0 Å². The van der Waals surface area contributed by atoms with Crippen molar-refractivity contribution in [2.75, 3.05) is 20.4 Å². The van der Waals surface area contributed by atoms with Crippen molar-refractivity contribution in [2.24, 2.45) is 0 Å². The molecule has 0 bridgehead atoms. The van der Waals surface area contributed by atoms with Gasteiger partial charge in [-0.2, -0.15) is 10.5 Å². The number of carbonyl (C=O) groups is 2. The Hall–Kier alpha value is -7.55. The van der Waals surface area contributed by atoms with Crippen molar-refractivity contribution in [1.29, 1.82) is 10.5 Å². The van der Waals surface area contributed by atoms with E-state index in [2.05, 4.69) is 22.8 Å². The van der Waals surface area contributed by atoms with Crippen molar-refractivity contribution in [1.82, 2.24) is 0 Å². The Morgan fingerprint density at radius 2 is 0.803 bits per heavy atom. The highest BCUT2D eigenvalue weighted by atomic mass is 32.2. The van der Waals surface area contributed by atoms with E-state index in [-0.39, 0.29) is 20.9 Å².